The standard InChI is InChI=1S/C3H11N4O3P/c4-1-2-7(3(5)6)11(8,9)10/h1-2,4H2,(H3,5,6)(H2,8,9,10). The van der Waals surface area contributed by atoms with E-state index in [0.29, 0.717) is 4.67 Å². The molecule has 0 fully saturated rings. The van der Waals surface area contributed by atoms with Crippen molar-refractivity contribution >= 4 is 13.7 Å². The number of rotatable bonds is 3. The van der Waals surface area contributed by atoms with E-state index >= 15 is 0 Å². The van der Waals surface area contributed by atoms with Gasteiger partial charge in [-0.3, -0.25) is 5.41 Å². The number of hydrogen-bond donors (Lipinski definition) is 5. The summed E-state index contributed by atoms with van der Waals surface area (Å²) in [7, 11) is -4.44. The maximum absolute atomic E-state index is 10.5. The van der Waals surface area contributed by atoms with E-state index in [9.17, 15) is 4.57 Å². The summed E-state index contributed by atoms with van der Waals surface area (Å²) in [5.74, 6) is -0.677. The first kappa shape index (κ1) is 10.4. The van der Waals surface area contributed by atoms with Gasteiger partial charge < -0.3 is 21.3 Å². The molecule has 66 valence electrons. The second-order valence-corrected chi connectivity index (χ2v) is 3.32. The van der Waals surface area contributed by atoms with Gasteiger partial charge >= 0.3 is 7.75 Å². The van der Waals surface area contributed by atoms with Gasteiger partial charge in [0.05, 0.1) is 0 Å². The highest BCUT2D eigenvalue weighted by Gasteiger charge is 2.25. The van der Waals surface area contributed by atoms with Gasteiger partial charge in [0.15, 0.2) is 5.96 Å². The third-order valence-corrected chi connectivity index (χ3v) is 1.98. The van der Waals surface area contributed by atoms with Crippen LogP contribution in [0, 0.1) is 5.41 Å². The summed E-state index contributed by atoms with van der Waals surface area (Å²) in [4.78, 5) is 17.1. The van der Waals surface area contributed by atoms with Crippen molar-refractivity contribution in [1.29, 1.82) is 5.41 Å². The number of nitrogens with two attached hydrogens (primary N) is 2. The van der Waals surface area contributed by atoms with E-state index < -0.39 is 13.7 Å². The highest BCUT2D eigenvalue weighted by molar-refractivity contribution is 7.49. The fraction of sp³-hybridized carbons (Fsp3) is 0.667. The lowest BCUT2D eigenvalue weighted by Gasteiger charge is -2.21. The molecule has 0 aliphatic rings. The van der Waals surface area contributed by atoms with Gasteiger partial charge in [0.2, 0.25) is 0 Å². The van der Waals surface area contributed by atoms with Crippen LogP contribution in [-0.2, 0) is 4.57 Å². The second-order valence-electron chi connectivity index (χ2n) is 1.81. The number of nitrogens with one attached hydrogen (secondary N) is 1. The summed E-state index contributed by atoms with van der Waals surface area (Å²) >= 11 is 0. The minimum absolute atomic E-state index is 0.0324. The van der Waals surface area contributed by atoms with Gasteiger partial charge in [-0.25, -0.2) is 9.24 Å². The van der Waals surface area contributed by atoms with E-state index in [2.05, 4.69) is 0 Å². The number of hydrogen-bond acceptors (Lipinski definition) is 3. The van der Waals surface area contributed by atoms with Gasteiger partial charge in [-0.2, -0.15) is 0 Å². The summed E-state index contributed by atoms with van der Waals surface area (Å²) in [5, 5.41) is 6.77. The molecular weight excluding hydrogens is 171 g/mol. The Labute approximate surface area is 63.7 Å². The normalized spacial score (nSPS) is 11.2. The van der Waals surface area contributed by atoms with E-state index in [-0.39, 0.29) is 13.1 Å². The lowest BCUT2D eigenvalue weighted by molar-refractivity contribution is 0.316. The molecule has 11 heavy (non-hydrogen) atoms. The molecule has 7 nitrogen and oxygen atoms in total. The first-order valence-corrected chi connectivity index (χ1v) is 4.33. The highest BCUT2D eigenvalue weighted by Crippen LogP contribution is 2.38. The molecule has 0 saturated carbocycles. The van der Waals surface area contributed by atoms with Crippen LogP contribution in [0.4, 0.5) is 0 Å². The van der Waals surface area contributed by atoms with Crippen LogP contribution >= 0.6 is 7.75 Å². The quantitative estimate of drug-likeness (QED) is 0.199. The average molecular weight is 182 g/mol. The molecule has 0 bridgehead atoms. The van der Waals surface area contributed by atoms with Crippen molar-refractivity contribution in [2.45, 2.75) is 0 Å². The lowest BCUT2D eigenvalue weighted by atomic mass is 10.6. The van der Waals surface area contributed by atoms with Crippen LogP contribution in [0.5, 0.6) is 0 Å². The number of nitrogens with zero attached hydrogens (tertiary/aromatic N) is 1. The maximum Gasteiger partial charge on any atom is 0.432 e. The highest BCUT2D eigenvalue weighted by atomic mass is 31.2. The number of guanidine groups is 1. The summed E-state index contributed by atoms with van der Waals surface area (Å²) in [6, 6.07) is 0. The second kappa shape index (κ2) is 3.68. The minimum atomic E-state index is -4.44. The molecule has 0 rings (SSSR count). The van der Waals surface area contributed by atoms with Gasteiger partial charge in [-0.15, -0.1) is 0 Å². The Morgan fingerprint density at radius 1 is 1.64 bits per heavy atom. The summed E-state index contributed by atoms with van der Waals surface area (Å²) in [5.41, 5.74) is 9.90. The van der Waals surface area contributed by atoms with Gasteiger partial charge in [0.25, 0.3) is 0 Å². The van der Waals surface area contributed by atoms with Crippen LogP contribution < -0.4 is 11.5 Å². The molecule has 7 N–H and O–H groups in total. The van der Waals surface area contributed by atoms with E-state index in [0.717, 1.165) is 0 Å². The Hall–Kier alpha value is -0.620. The van der Waals surface area contributed by atoms with Gasteiger partial charge in [-0.05, 0) is 0 Å². The fourth-order valence-corrected chi connectivity index (χ4v) is 1.17. The Morgan fingerprint density at radius 3 is 2.18 bits per heavy atom. The predicted molar refractivity (Wildman–Crippen MR) is 39.7 cm³/mol. The van der Waals surface area contributed by atoms with Gasteiger partial charge in [-0.1, -0.05) is 0 Å². The van der Waals surface area contributed by atoms with Gasteiger partial charge in [0, 0.05) is 13.1 Å². The van der Waals surface area contributed by atoms with Crippen molar-refractivity contribution in [3.05, 3.63) is 0 Å². The Bertz CT molecular complexity index is 189. The zero-order valence-corrected chi connectivity index (χ0v) is 6.66. The van der Waals surface area contributed by atoms with Crippen LogP contribution in [-0.4, -0.2) is 33.5 Å². The van der Waals surface area contributed by atoms with Crippen LogP contribution in [0.15, 0.2) is 0 Å². The zero-order chi connectivity index (χ0) is 9.07. The van der Waals surface area contributed by atoms with Crippen LogP contribution in [0.3, 0.4) is 0 Å². The topological polar surface area (TPSA) is 137 Å². The molecule has 0 radical (unpaired) electrons. The largest absolute Gasteiger partial charge is 0.432 e. The molecule has 8 heteroatoms. The van der Waals surface area contributed by atoms with Crippen molar-refractivity contribution in [3.63, 3.8) is 0 Å². The molecule has 0 aromatic carbocycles. The summed E-state index contributed by atoms with van der Waals surface area (Å²) in [6.07, 6.45) is 0. The molecule has 0 aromatic rings. The molecule has 0 saturated heterocycles. The molecule has 0 aliphatic heterocycles. The van der Waals surface area contributed by atoms with Crippen molar-refractivity contribution < 1.29 is 14.4 Å². The van der Waals surface area contributed by atoms with Crippen molar-refractivity contribution in [2.24, 2.45) is 11.5 Å². The van der Waals surface area contributed by atoms with Crippen LogP contribution in [0.25, 0.3) is 0 Å². The van der Waals surface area contributed by atoms with Crippen LogP contribution in [0.2, 0.25) is 0 Å². The van der Waals surface area contributed by atoms with Gasteiger partial charge in [0.1, 0.15) is 0 Å². The molecule has 0 unspecified atom stereocenters. The van der Waals surface area contributed by atoms with Crippen molar-refractivity contribution in [2.75, 3.05) is 13.1 Å². The lowest BCUT2D eigenvalue weighted by Crippen LogP contribution is -2.37. The first-order chi connectivity index (χ1) is 4.89. The molecule has 0 amide bonds. The van der Waals surface area contributed by atoms with E-state index in [1.807, 2.05) is 0 Å². The Kier molecular flexibility index (Phi) is 3.47. The minimum Gasteiger partial charge on any atom is -0.370 e. The first-order valence-electron chi connectivity index (χ1n) is 2.77. The predicted octanol–water partition coefficient (Wildman–Crippen LogP) is -1.77. The van der Waals surface area contributed by atoms with Crippen LogP contribution in [0.1, 0.15) is 0 Å². The fourth-order valence-electron chi connectivity index (χ4n) is 0.513. The summed E-state index contributed by atoms with van der Waals surface area (Å²) < 4.78 is 10.9. The van der Waals surface area contributed by atoms with Crippen molar-refractivity contribution in [1.82, 2.24) is 4.67 Å². The monoisotopic (exact) mass is 182 g/mol. The van der Waals surface area contributed by atoms with E-state index in [1.54, 1.807) is 0 Å². The maximum atomic E-state index is 10.5. The van der Waals surface area contributed by atoms with E-state index in [4.69, 9.17) is 26.7 Å². The van der Waals surface area contributed by atoms with E-state index in [1.165, 1.54) is 0 Å². The Morgan fingerprint density at radius 2 is 2.09 bits per heavy atom. The summed E-state index contributed by atoms with van der Waals surface area (Å²) in [6.45, 7) is -0.0930. The Balaban J connectivity index is 4.35. The third kappa shape index (κ3) is 3.33. The molecule has 0 spiro atoms. The SMILES string of the molecule is N=C(N)N(CCN)P(=O)(O)O. The zero-order valence-electron chi connectivity index (χ0n) is 5.77. The average Bonchev–Trinajstić information content (AvgIpc) is 1.79. The molecule has 0 heterocycles. The smallest absolute Gasteiger partial charge is 0.370 e. The van der Waals surface area contributed by atoms with Crippen molar-refractivity contribution in [3.8, 4) is 0 Å². The molecule has 0 aliphatic carbocycles. The molecular formula is C3H11N4O3P. The molecule has 0 aromatic heterocycles. The molecule has 0 atom stereocenters. The third-order valence-electron chi connectivity index (χ3n) is 0.933.